The predicted octanol–water partition coefficient (Wildman–Crippen LogP) is 1.43. The molecule has 64 valence electrons. The molecule has 0 aliphatic carbocycles. The minimum Gasteiger partial charge on any atom is -0.525 e. The van der Waals surface area contributed by atoms with Gasteiger partial charge in [-0.2, -0.15) is 0 Å². The molecule has 3 heteroatoms. The first kappa shape index (κ1) is 9.88. The van der Waals surface area contributed by atoms with Crippen LogP contribution in [0.4, 0.5) is 0 Å². The molecule has 0 aromatic carbocycles. The average molecular weight is 158 g/mol. The number of rotatable bonds is 5. The van der Waals surface area contributed by atoms with Crippen molar-refractivity contribution in [2.75, 3.05) is 13.7 Å². The van der Waals surface area contributed by atoms with Crippen LogP contribution < -0.4 is 0 Å². The van der Waals surface area contributed by atoms with Gasteiger partial charge in [-0.3, -0.25) is 0 Å². The second-order valence-corrected chi connectivity index (χ2v) is 1.86. The molecular weight excluding hydrogens is 144 g/mol. The molecule has 0 N–H and O–H groups in total. The van der Waals surface area contributed by atoms with E-state index in [4.69, 9.17) is 9.47 Å². The van der Waals surface area contributed by atoms with Crippen molar-refractivity contribution in [2.24, 2.45) is 0 Å². The van der Waals surface area contributed by atoms with Crippen LogP contribution in [0, 0.1) is 6.10 Å². The molecule has 0 unspecified atom stereocenters. The van der Waals surface area contributed by atoms with Crippen LogP contribution in [0.5, 0.6) is 0 Å². The van der Waals surface area contributed by atoms with Gasteiger partial charge in [0.05, 0.1) is 13.7 Å². The molecule has 11 heavy (non-hydrogen) atoms. The summed E-state index contributed by atoms with van der Waals surface area (Å²) in [6, 6.07) is 0. The van der Waals surface area contributed by atoms with E-state index in [2.05, 4.69) is 11.2 Å². The highest BCUT2D eigenvalue weighted by Crippen LogP contribution is 2.04. The Morgan fingerprint density at radius 1 is 1.73 bits per heavy atom. The molecule has 0 amide bonds. The van der Waals surface area contributed by atoms with Gasteiger partial charge in [-0.1, -0.05) is 0 Å². The highest BCUT2D eigenvalue weighted by Gasteiger charge is 1.99. The van der Waals surface area contributed by atoms with Crippen LogP contribution in [0.3, 0.4) is 0 Å². The van der Waals surface area contributed by atoms with Crippen LogP contribution in [0.15, 0.2) is 12.0 Å². The Labute approximate surface area is 67.3 Å². The van der Waals surface area contributed by atoms with Crippen LogP contribution in [-0.2, 0) is 13.9 Å². The molecule has 0 aliphatic rings. The second-order valence-electron chi connectivity index (χ2n) is 1.86. The van der Waals surface area contributed by atoms with E-state index in [0.717, 1.165) is 0 Å². The maximum atomic E-state index is 5.07. The molecule has 0 saturated heterocycles. The third-order valence-electron chi connectivity index (χ3n) is 1.04. The maximum Gasteiger partial charge on any atom is 0.220 e. The van der Waals surface area contributed by atoms with Crippen LogP contribution in [0.2, 0.25) is 0 Å². The third-order valence-corrected chi connectivity index (χ3v) is 1.04. The fraction of sp³-hybridized carbons (Fsp3) is 0.500. The molecule has 0 atom stereocenters. The van der Waals surface area contributed by atoms with Crippen molar-refractivity contribution in [3.63, 3.8) is 0 Å². The molecule has 0 aromatic heterocycles. The lowest BCUT2D eigenvalue weighted by molar-refractivity contribution is -0.419. The molecule has 0 fully saturated rings. The SMILES string of the molecule is C=[O+][C-](C)/C=C(\OC)OCC. The summed E-state index contributed by atoms with van der Waals surface area (Å²) in [6.07, 6.45) is 2.28. The number of methoxy groups -OCH3 is 1. The number of carbonyl (C=O) groups excluding carboxylic acids is 1. The fourth-order valence-corrected chi connectivity index (χ4v) is 0.509. The van der Waals surface area contributed by atoms with Crippen molar-refractivity contribution in [3.05, 3.63) is 18.1 Å². The van der Waals surface area contributed by atoms with E-state index in [-0.39, 0.29) is 0 Å². The fourth-order valence-electron chi connectivity index (χ4n) is 0.509. The van der Waals surface area contributed by atoms with E-state index < -0.39 is 0 Å². The van der Waals surface area contributed by atoms with Crippen LogP contribution in [0.1, 0.15) is 13.8 Å². The van der Waals surface area contributed by atoms with Gasteiger partial charge >= 0.3 is 0 Å². The van der Waals surface area contributed by atoms with E-state index in [0.29, 0.717) is 18.7 Å². The lowest BCUT2D eigenvalue weighted by Crippen LogP contribution is -1.97. The smallest absolute Gasteiger partial charge is 0.220 e. The molecule has 0 bridgehead atoms. The first-order chi connectivity index (χ1) is 5.24. The van der Waals surface area contributed by atoms with Gasteiger partial charge in [0.15, 0.2) is 12.7 Å². The predicted molar refractivity (Wildman–Crippen MR) is 42.8 cm³/mol. The summed E-state index contributed by atoms with van der Waals surface area (Å²) in [4.78, 5) is 0. The van der Waals surface area contributed by atoms with Gasteiger partial charge in [-0.05, 0) is 6.92 Å². The number of hydrogen-bond donors (Lipinski definition) is 0. The number of hydrogen-bond acceptors (Lipinski definition) is 2. The quantitative estimate of drug-likeness (QED) is 0.344. The second kappa shape index (κ2) is 5.65. The van der Waals surface area contributed by atoms with Crippen molar-refractivity contribution < 1.29 is 13.9 Å². The van der Waals surface area contributed by atoms with Crippen molar-refractivity contribution in [2.45, 2.75) is 13.8 Å². The minimum atomic E-state index is 0.439. The Morgan fingerprint density at radius 3 is 2.73 bits per heavy atom. The van der Waals surface area contributed by atoms with Crippen molar-refractivity contribution in [1.29, 1.82) is 0 Å². The monoisotopic (exact) mass is 158 g/mol. The molecule has 0 spiro atoms. The maximum absolute atomic E-state index is 5.07. The van der Waals surface area contributed by atoms with Gasteiger partial charge in [0, 0.05) is 13.0 Å². The largest absolute Gasteiger partial charge is 0.525 e. The van der Waals surface area contributed by atoms with E-state index in [1.165, 1.54) is 7.11 Å². The average Bonchev–Trinajstić information content (AvgIpc) is 2.03. The van der Waals surface area contributed by atoms with Crippen molar-refractivity contribution in [3.8, 4) is 0 Å². The summed E-state index contributed by atoms with van der Waals surface area (Å²) in [5.41, 5.74) is 0. The zero-order valence-electron chi connectivity index (χ0n) is 7.22. The normalized spacial score (nSPS) is 10.6. The molecule has 0 rings (SSSR count). The summed E-state index contributed by atoms with van der Waals surface area (Å²) in [5.74, 6) is 0.439. The van der Waals surface area contributed by atoms with E-state index in [1.807, 2.05) is 6.92 Å². The molecular formula is C8H14O3. The summed E-state index contributed by atoms with van der Waals surface area (Å²) < 4.78 is 14.6. The summed E-state index contributed by atoms with van der Waals surface area (Å²) in [7, 11) is 1.54. The van der Waals surface area contributed by atoms with Crippen molar-refractivity contribution in [1.82, 2.24) is 0 Å². The molecule has 0 aromatic rings. The highest BCUT2D eigenvalue weighted by molar-refractivity contribution is 5.15. The zero-order valence-corrected chi connectivity index (χ0v) is 7.22. The van der Waals surface area contributed by atoms with Crippen LogP contribution in [-0.4, -0.2) is 20.5 Å². The summed E-state index contributed by atoms with van der Waals surface area (Å²) in [6.45, 7) is 7.46. The highest BCUT2D eigenvalue weighted by atomic mass is 16.7. The van der Waals surface area contributed by atoms with Crippen LogP contribution in [0.25, 0.3) is 0 Å². The van der Waals surface area contributed by atoms with Crippen LogP contribution >= 0.6 is 0 Å². The van der Waals surface area contributed by atoms with Gasteiger partial charge < -0.3 is 13.9 Å². The molecule has 3 nitrogen and oxygen atoms in total. The summed E-state index contributed by atoms with van der Waals surface area (Å²) in [5, 5.41) is 0. The van der Waals surface area contributed by atoms with E-state index in [9.17, 15) is 0 Å². The van der Waals surface area contributed by atoms with Gasteiger partial charge in [-0.15, -0.1) is 0 Å². The Bertz CT molecular complexity index is 140. The minimum absolute atomic E-state index is 0.439. The molecule has 0 radical (unpaired) electrons. The molecule has 0 heterocycles. The van der Waals surface area contributed by atoms with Gasteiger partial charge in [0.1, 0.15) is 0 Å². The summed E-state index contributed by atoms with van der Waals surface area (Å²) >= 11 is 0. The topological polar surface area (TPSA) is 29.8 Å². The van der Waals surface area contributed by atoms with Gasteiger partial charge in [-0.25, -0.2) is 0 Å². The molecule has 0 aliphatic heterocycles. The first-order valence-electron chi connectivity index (χ1n) is 3.38. The number of ether oxygens (including phenoxy) is 2. The Balaban J connectivity index is 3.98. The first-order valence-corrected chi connectivity index (χ1v) is 3.38. The standard InChI is InChI=1S/C8H14O3/c1-5-11-8(10-4)6-7(2)9-3/h6H,3,5H2,1-2,4H3/b8-6+. The van der Waals surface area contributed by atoms with Gasteiger partial charge in [0.2, 0.25) is 6.10 Å². The van der Waals surface area contributed by atoms with Crippen molar-refractivity contribution >= 4 is 6.79 Å². The lowest BCUT2D eigenvalue weighted by Gasteiger charge is -2.11. The Morgan fingerprint density at radius 2 is 2.36 bits per heavy atom. The van der Waals surface area contributed by atoms with Gasteiger partial charge in [0.25, 0.3) is 0 Å². The Hall–Kier alpha value is -1.12. The van der Waals surface area contributed by atoms with E-state index >= 15 is 0 Å². The zero-order chi connectivity index (χ0) is 8.69. The lowest BCUT2D eigenvalue weighted by atomic mass is 10.4. The third kappa shape index (κ3) is 4.31. The van der Waals surface area contributed by atoms with E-state index in [1.54, 1.807) is 13.0 Å². The Kier molecular flexibility index (Phi) is 5.07. The molecule has 0 saturated carbocycles.